The highest BCUT2D eigenvalue weighted by Crippen LogP contribution is 2.21. The predicted molar refractivity (Wildman–Crippen MR) is 182 cm³/mol. The van der Waals surface area contributed by atoms with Gasteiger partial charge in [-0.25, -0.2) is 0 Å². The van der Waals surface area contributed by atoms with E-state index >= 15 is 0 Å². The Morgan fingerprint density at radius 3 is 1.41 bits per heavy atom. The Balaban J connectivity index is 1.12. The highest BCUT2D eigenvalue weighted by molar-refractivity contribution is 7.15. The molecule has 4 aliphatic rings. The van der Waals surface area contributed by atoms with Gasteiger partial charge in [-0.15, -0.1) is 20.4 Å². The van der Waals surface area contributed by atoms with E-state index < -0.39 is 0 Å². The Hall–Kier alpha value is -4.16. The van der Waals surface area contributed by atoms with Crippen LogP contribution in [0.4, 0.5) is 10.3 Å². The molecular formula is C34H40N6O4S2. The molecule has 6 heterocycles. The smallest absolute Gasteiger partial charge is 0.230 e. The molecule has 0 fully saturated rings. The second kappa shape index (κ2) is 18.1. The van der Waals surface area contributed by atoms with Gasteiger partial charge in [0.2, 0.25) is 22.1 Å². The molecule has 242 valence electrons. The third kappa shape index (κ3) is 11.6. The lowest BCUT2D eigenvalue weighted by Crippen LogP contribution is -2.14. The molecule has 12 heteroatoms. The first-order chi connectivity index (χ1) is 22.6. The van der Waals surface area contributed by atoms with Crippen molar-refractivity contribution in [1.82, 2.24) is 20.4 Å². The number of allylic oxidation sites excluding steroid dienone is 2. The molecule has 0 spiro atoms. The van der Waals surface area contributed by atoms with Crippen molar-refractivity contribution in [3.63, 3.8) is 0 Å². The number of aryl methyl sites for hydroxylation is 2. The molecule has 4 aliphatic heterocycles. The summed E-state index contributed by atoms with van der Waals surface area (Å²) < 4.78 is 11.8. The van der Waals surface area contributed by atoms with Gasteiger partial charge in [-0.3, -0.25) is 9.59 Å². The van der Waals surface area contributed by atoms with E-state index in [4.69, 9.17) is 9.47 Å². The van der Waals surface area contributed by atoms with E-state index in [0.717, 1.165) is 96.8 Å². The maximum absolute atomic E-state index is 12.6. The van der Waals surface area contributed by atoms with Gasteiger partial charge >= 0.3 is 0 Å². The number of carbonyl (C=O) groups is 2. The number of nitrogens with one attached hydrogen (secondary N) is 2. The molecule has 4 aromatic rings. The van der Waals surface area contributed by atoms with E-state index in [1.807, 2.05) is 48.5 Å². The molecule has 2 aromatic heterocycles. The molecule has 0 saturated carbocycles. The molecule has 0 unspecified atom stereocenters. The van der Waals surface area contributed by atoms with Crippen molar-refractivity contribution >= 4 is 44.8 Å². The Kier molecular flexibility index (Phi) is 13.1. The zero-order valence-corrected chi connectivity index (χ0v) is 27.5. The number of benzene rings is 2. The van der Waals surface area contributed by atoms with Crippen LogP contribution >= 0.6 is 22.7 Å². The molecule has 0 saturated heterocycles. The Bertz CT molecular complexity index is 1440. The summed E-state index contributed by atoms with van der Waals surface area (Å²) in [5, 5.41) is 25.2. The molecule has 8 rings (SSSR count). The fraction of sp³-hybridized carbons (Fsp3) is 0.412. The zero-order valence-electron chi connectivity index (χ0n) is 25.9. The van der Waals surface area contributed by atoms with Gasteiger partial charge in [0.05, 0.1) is 26.1 Å². The number of nitrogens with zero attached hydrogens (tertiary/aromatic N) is 4. The number of hydrogen-bond donors (Lipinski definition) is 2. The third-order valence-corrected chi connectivity index (χ3v) is 9.07. The molecule has 2 N–H and O–H groups in total. The predicted octanol–water partition coefficient (Wildman–Crippen LogP) is 6.99. The highest BCUT2D eigenvalue weighted by atomic mass is 32.1. The van der Waals surface area contributed by atoms with Crippen molar-refractivity contribution in [3.05, 3.63) is 81.8 Å². The summed E-state index contributed by atoms with van der Waals surface area (Å²) >= 11 is 2.79. The molecule has 46 heavy (non-hydrogen) atoms. The first-order valence-electron chi connectivity index (χ1n) is 15.9. The lowest BCUT2D eigenvalue weighted by atomic mass is 10.1. The van der Waals surface area contributed by atoms with E-state index in [-0.39, 0.29) is 24.7 Å². The van der Waals surface area contributed by atoms with Crippen LogP contribution in [0.1, 0.15) is 72.5 Å². The van der Waals surface area contributed by atoms with Gasteiger partial charge < -0.3 is 20.1 Å². The Labute approximate surface area is 277 Å². The van der Waals surface area contributed by atoms with Crippen molar-refractivity contribution in [2.24, 2.45) is 0 Å². The van der Waals surface area contributed by atoms with E-state index in [1.165, 1.54) is 22.7 Å². The van der Waals surface area contributed by atoms with Crippen molar-refractivity contribution in [2.45, 2.75) is 77.0 Å². The molecule has 0 aliphatic carbocycles. The third-order valence-electron chi connectivity index (χ3n) is 7.27. The van der Waals surface area contributed by atoms with Gasteiger partial charge in [0.1, 0.15) is 21.5 Å². The van der Waals surface area contributed by atoms with E-state index in [2.05, 4.69) is 43.2 Å². The second-order valence-corrected chi connectivity index (χ2v) is 13.2. The number of carbonyl (C=O) groups excluding carboxylic acids is 2. The average molecular weight is 661 g/mol. The fourth-order valence-electron chi connectivity index (χ4n) is 4.81. The molecule has 2 aromatic carbocycles. The summed E-state index contributed by atoms with van der Waals surface area (Å²) in [5.41, 5.74) is 1.82. The standard InChI is InChI=1S/C34H40N6O4S2/c41-29-23-25-13-17-27(18-14-25)43-21-9-5-3-1-2-4-6-10-22-44-28-19-15-26(16-20-28)24-30(42)36-34-40-38-32(46-34)12-8-7-11-31-37-39-33(35-29)45-31/h1-2,13-20H,3-12,21-24H2,(H,35,39,41)(H,36,40,42)/b2-1+. The van der Waals surface area contributed by atoms with Gasteiger partial charge in [0.25, 0.3) is 0 Å². The minimum Gasteiger partial charge on any atom is -0.494 e. The maximum Gasteiger partial charge on any atom is 0.230 e. The summed E-state index contributed by atoms with van der Waals surface area (Å²) in [5.74, 6) is 1.37. The van der Waals surface area contributed by atoms with Crippen LogP contribution < -0.4 is 20.1 Å². The Morgan fingerprint density at radius 2 is 0.978 bits per heavy atom. The van der Waals surface area contributed by atoms with E-state index in [0.29, 0.717) is 23.5 Å². The van der Waals surface area contributed by atoms with Gasteiger partial charge in [-0.05, 0) is 86.8 Å². The van der Waals surface area contributed by atoms with Crippen molar-refractivity contribution < 1.29 is 19.1 Å². The quantitative estimate of drug-likeness (QED) is 0.193. The van der Waals surface area contributed by atoms with Crippen LogP contribution in [0.25, 0.3) is 0 Å². The minimum absolute atomic E-state index is 0.127. The molecule has 10 nitrogen and oxygen atoms in total. The van der Waals surface area contributed by atoms with Gasteiger partial charge in [-0.1, -0.05) is 59.1 Å². The first kappa shape index (κ1) is 33.2. The van der Waals surface area contributed by atoms with E-state index in [1.54, 1.807) is 0 Å². The number of aromatic nitrogens is 4. The number of rotatable bonds is 0. The molecule has 2 amide bonds. The monoisotopic (exact) mass is 660 g/mol. The number of hydrogen-bond acceptors (Lipinski definition) is 10. The van der Waals surface area contributed by atoms with Crippen LogP contribution in [0.5, 0.6) is 11.5 Å². The van der Waals surface area contributed by atoms with Crippen molar-refractivity contribution in [2.75, 3.05) is 23.8 Å². The van der Waals surface area contributed by atoms with Crippen LogP contribution in [-0.4, -0.2) is 45.4 Å². The van der Waals surface area contributed by atoms with Gasteiger partial charge in [0, 0.05) is 12.8 Å². The van der Waals surface area contributed by atoms with Gasteiger partial charge in [-0.2, -0.15) is 0 Å². The minimum atomic E-state index is -0.127. The van der Waals surface area contributed by atoms with E-state index in [9.17, 15) is 9.59 Å². The Morgan fingerprint density at radius 1 is 0.543 bits per heavy atom. The summed E-state index contributed by atoms with van der Waals surface area (Å²) in [6, 6.07) is 15.4. The SMILES string of the molecule is O=C1Cc2ccc(cc2)OCCCC/C=C/CCCCOc2ccc(cc2)CC(=O)Nc2nnc(s2)CCCCc2nnc(s2)N1. The van der Waals surface area contributed by atoms with Crippen molar-refractivity contribution in [3.8, 4) is 11.5 Å². The summed E-state index contributed by atoms with van der Waals surface area (Å²) in [6.45, 7) is 1.34. The summed E-state index contributed by atoms with van der Waals surface area (Å²) in [6.07, 6.45) is 14.5. The highest BCUT2D eigenvalue weighted by Gasteiger charge is 2.12. The van der Waals surface area contributed by atoms with Crippen molar-refractivity contribution in [1.29, 1.82) is 0 Å². The maximum atomic E-state index is 12.6. The normalized spacial score (nSPS) is 17.3. The first-order valence-corrected chi connectivity index (χ1v) is 17.6. The second-order valence-electron chi connectivity index (χ2n) is 11.1. The molecule has 8 bridgehead atoms. The summed E-state index contributed by atoms with van der Waals surface area (Å²) in [7, 11) is 0. The largest absolute Gasteiger partial charge is 0.494 e. The summed E-state index contributed by atoms with van der Waals surface area (Å²) in [4.78, 5) is 25.1. The average Bonchev–Trinajstić information content (AvgIpc) is 3.69. The van der Waals surface area contributed by atoms with Crippen LogP contribution in [0, 0.1) is 0 Å². The molecule has 0 atom stereocenters. The van der Waals surface area contributed by atoms with Crippen LogP contribution in [-0.2, 0) is 35.3 Å². The van der Waals surface area contributed by atoms with Crippen LogP contribution in [0.2, 0.25) is 0 Å². The lowest BCUT2D eigenvalue weighted by Gasteiger charge is -2.07. The molecule has 0 radical (unpaired) electrons. The zero-order chi connectivity index (χ0) is 31.8. The fourth-order valence-corrected chi connectivity index (χ4v) is 6.41. The lowest BCUT2D eigenvalue weighted by molar-refractivity contribution is -0.116. The molecular weight excluding hydrogens is 621 g/mol. The van der Waals surface area contributed by atoms with Crippen LogP contribution in [0.3, 0.4) is 0 Å². The van der Waals surface area contributed by atoms with Gasteiger partial charge in [0.15, 0.2) is 0 Å². The number of amides is 2. The van der Waals surface area contributed by atoms with Crippen LogP contribution in [0.15, 0.2) is 60.7 Å². The number of ether oxygens (including phenoxy) is 2. The number of anilines is 2. The topological polar surface area (TPSA) is 128 Å².